The maximum atomic E-state index is 14.4. The van der Waals surface area contributed by atoms with Crippen LogP contribution in [0.3, 0.4) is 0 Å². The number of benzene rings is 2. The van der Waals surface area contributed by atoms with Crippen molar-refractivity contribution in [3.05, 3.63) is 71.5 Å². The molecule has 2 aromatic carbocycles. The van der Waals surface area contributed by atoms with E-state index in [1.165, 1.54) is 22.0 Å². The molecule has 0 bridgehead atoms. The molecule has 0 saturated heterocycles. The molecule has 0 fully saturated rings. The summed E-state index contributed by atoms with van der Waals surface area (Å²) in [6, 6.07) is 13.8. The van der Waals surface area contributed by atoms with Crippen LogP contribution in [0.5, 0.6) is 0 Å². The minimum Gasteiger partial charge on any atom is -0.235 e. The lowest BCUT2D eigenvalue weighted by molar-refractivity contribution is -0.660. The molecule has 4 heteroatoms. The van der Waals surface area contributed by atoms with Gasteiger partial charge in [0.15, 0.2) is 6.20 Å². The van der Waals surface area contributed by atoms with Crippen molar-refractivity contribution in [2.45, 2.75) is 20.0 Å². The highest BCUT2D eigenvalue weighted by molar-refractivity contribution is 7.04. The second kappa shape index (κ2) is 5.62. The van der Waals surface area contributed by atoms with Crippen molar-refractivity contribution >= 4 is 24.1 Å². The first-order chi connectivity index (χ1) is 12.4. The van der Waals surface area contributed by atoms with Crippen LogP contribution in [0.2, 0.25) is 13.1 Å². The van der Waals surface area contributed by atoms with E-state index in [9.17, 15) is 4.39 Å². The molecule has 0 atom stereocenters. The van der Waals surface area contributed by atoms with E-state index < -0.39 is 13.9 Å². The molecule has 4 rings (SSSR count). The Morgan fingerprint density at radius 3 is 2.54 bits per heavy atom. The molecular weight excluding hydrogens is 339 g/mol. The second-order valence-corrected chi connectivity index (χ2v) is 11.8. The molecule has 1 aliphatic heterocycles. The van der Waals surface area contributed by atoms with Gasteiger partial charge in [-0.3, -0.25) is 0 Å². The maximum Gasteiger partial charge on any atom is 0.222 e. The zero-order valence-corrected chi connectivity index (χ0v) is 16.4. The van der Waals surface area contributed by atoms with Crippen LogP contribution >= 0.6 is 0 Å². The summed E-state index contributed by atoms with van der Waals surface area (Å²) in [5, 5.41) is 2.50. The summed E-state index contributed by atoms with van der Waals surface area (Å²) in [4.78, 5) is 3.38. The van der Waals surface area contributed by atoms with Crippen LogP contribution in [0, 0.1) is 19.3 Å². The highest BCUT2D eigenvalue weighted by Gasteiger charge is 2.41. The zero-order chi connectivity index (χ0) is 18.6. The third-order valence-corrected chi connectivity index (χ3v) is 9.05. The van der Waals surface area contributed by atoms with Gasteiger partial charge in [0.1, 0.15) is 20.9 Å². The summed E-state index contributed by atoms with van der Waals surface area (Å²) < 4.78 is 16.5. The molecule has 0 radical (unpaired) electrons. The molecule has 0 amide bonds. The first-order valence-corrected chi connectivity index (χ1v) is 11.7. The lowest BCUT2D eigenvalue weighted by Gasteiger charge is -2.22. The Labute approximate surface area is 154 Å². The standard InChI is InChI=1S/C22H20FN2Si/c1-14-9-10-15-16-12-17(23)18(24-2)13-20(16)26(4,5)22(15)21(14)19-8-6-7-11-25(19)3/h6-13H,1,3-5H3/q+1. The molecule has 128 valence electrons. The number of nitrogens with zero attached hydrogens (tertiary/aromatic N) is 2. The fourth-order valence-electron chi connectivity index (χ4n) is 4.22. The molecule has 0 spiro atoms. The van der Waals surface area contributed by atoms with Gasteiger partial charge in [-0.1, -0.05) is 36.5 Å². The van der Waals surface area contributed by atoms with Crippen molar-refractivity contribution in [1.29, 1.82) is 0 Å². The van der Waals surface area contributed by atoms with Crippen LogP contribution in [0.4, 0.5) is 10.1 Å². The summed E-state index contributed by atoms with van der Waals surface area (Å²) in [6.45, 7) is 14.0. The van der Waals surface area contributed by atoms with Gasteiger partial charge in [0, 0.05) is 17.7 Å². The first kappa shape index (κ1) is 16.7. The van der Waals surface area contributed by atoms with Crippen molar-refractivity contribution in [2.75, 3.05) is 0 Å². The van der Waals surface area contributed by atoms with Crippen LogP contribution in [0.25, 0.3) is 27.2 Å². The van der Waals surface area contributed by atoms with E-state index >= 15 is 0 Å². The summed E-state index contributed by atoms with van der Waals surface area (Å²) in [5.74, 6) is -0.427. The Balaban J connectivity index is 2.11. The lowest BCUT2D eigenvalue weighted by atomic mass is 9.97. The average Bonchev–Trinajstić information content (AvgIpc) is 2.82. The van der Waals surface area contributed by atoms with Crippen LogP contribution in [-0.2, 0) is 7.05 Å². The molecule has 0 N–H and O–H groups in total. The SMILES string of the molecule is [C-]#[N+]c1cc2c(cc1F)-c1ccc(C)c(-c3cccc[n+]3C)c1[Si]2(C)C. The number of pyridine rings is 1. The Morgan fingerprint density at radius 2 is 1.85 bits per heavy atom. The number of rotatable bonds is 1. The fraction of sp³-hybridized carbons (Fsp3) is 0.182. The quantitative estimate of drug-likeness (QED) is 0.353. The smallest absolute Gasteiger partial charge is 0.222 e. The third kappa shape index (κ3) is 2.17. The molecule has 1 aliphatic rings. The molecule has 2 heterocycles. The summed E-state index contributed by atoms with van der Waals surface area (Å²) in [7, 11) is 0.0000667. The molecule has 0 unspecified atom stereocenters. The van der Waals surface area contributed by atoms with Crippen molar-refractivity contribution < 1.29 is 8.96 Å². The minimum absolute atomic E-state index is 0.126. The monoisotopic (exact) mass is 359 g/mol. The van der Waals surface area contributed by atoms with Crippen LogP contribution < -0.4 is 14.9 Å². The Kier molecular flexibility index (Phi) is 3.60. The molecular formula is C22H20FN2Si+. The molecule has 0 aliphatic carbocycles. The normalized spacial score (nSPS) is 13.8. The van der Waals surface area contributed by atoms with Crippen molar-refractivity contribution in [1.82, 2.24) is 0 Å². The second-order valence-electron chi connectivity index (χ2n) is 7.46. The van der Waals surface area contributed by atoms with Gasteiger partial charge in [0.05, 0.1) is 6.57 Å². The predicted octanol–water partition coefficient (Wildman–Crippen LogP) is 3.98. The van der Waals surface area contributed by atoms with Gasteiger partial charge >= 0.3 is 0 Å². The number of hydrogen-bond acceptors (Lipinski definition) is 0. The summed E-state index contributed by atoms with van der Waals surface area (Å²) in [6.07, 6.45) is 2.06. The molecule has 3 aromatic rings. The van der Waals surface area contributed by atoms with E-state index in [4.69, 9.17) is 6.57 Å². The van der Waals surface area contributed by atoms with Gasteiger partial charge in [0.25, 0.3) is 0 Å². The lowest BCUT2D eigenvalue weighted by Crippen LogP contribution is -2.51. The number of hydrogen-bond donors (Lipinski definition) is 0. The van der Waals surface area contributed by atoms with Gasteiger partial charge < -0.3 is 0 Å². The Bertz CT molecular complexity index is 1110. The summed E-state index contributed by atoms with van der Waals surface area (Å²) in [5.41, 5.74) is 5.85. The van der Waals surface area contributed by atoms with Crippen LogP contribution in [0.1, 0.15) is 5.56 Å². The van der Waals surface area contributed by atoms with E-state index in [1.54, 1.807) is 12.1 Å². The minimum atomic E-state index is -2.06. The topological polar surface area (TPSA) is 8.24 Å². The Hall–Kier alpha value is -2.77. The van der Waals surface area contributed by atoms with E-state index in [-0.39, 0.29) is 5.69 Å². The van der Waals surface area contributed by atoms with Gasteiger partial charge in [0.2, 0.25) is 11.4 Å². The molecule has 2 nitrogen and oxygen atoms in total. The van der Waals surface area contributed by atoms with E-state index in [1.807, 2.05) is 6.07 Å². The molecule has 26 heavy (non-hydrogen) atoms. The molecule has 1 aromatic heterocycles. The number of halogens is 1. The van der Waals surface area contributed by atoms with Crippen LogP contribution in [0.15, 0.2) is 48.7 Å². The van der Waals surface area contributed by atoms with Crippen molar-refractivity contribution in [3.63, 3.8) is 0 Å². The zero-order valence-electron chi connectivity index (χ0n) is 15.4. The number of aromatic nitrogens is 1. The van der Waals surface area contributed by atoms with Crippen molar-refractivity contribution in [2.24, 2.45) is 7.05 Å². The van der Waals surface area contributed by atoms with Gasteiger partial charge in [-0.05, 0) is 40.9 Å². The maximum absolute atomic E-state index is 14.4. The third-order valence-electron chi connectivity index (χ3n) is 5.52. The van der Waals surface area contributed by atoms with E-state index in [2.05, 4.69) is 66.9 Å². The first-order valence-electron chi connectivity index (χ1n) is 8.67. The van der Waals surface area contributed by atoms with Gasteiger partial charge in [-0.2, -0.15) is 0 Å². The number of fused-ring (bicyclic) bond motifs is 3. The van der Waals surface area contributed by atoms with E-state index in [0.29, 0.717) is 0 Å². The van der Waals surface area contributed by atoms with Crippen molar-refractivity contribution in [3.8, 4) is 22.4 Å². The average molecular weight is 360 g/mol. The highest BCUT2D eigenvalue weighted by atomic mass is 28.3. The summed E-state index contributed by atoms with van der Waals surface area (Å²) >= 11 is 0. The largest absolute Gasteiger partial charge is 0.235 e. The van der Waals surface area contributed by atoms with Gasteiger partial charge in [-0.25, -0.2) is 13.8 Å². The number of aryl methyl sites for hydroxylation is 2. The highest BCUT2D eigenvalue weighted by Crippen LogP contribution is 2.36. The predicted molar refractivity (Wildman–Crippen MR) is 106 cm³/mol. The molecule has 0 saturated carbocycles. The van der Waals surface area contributed by atoms with Crippen LogP contribution in [-0.4, -0.2) is 8.07 Å². The Morgan fingerprint density at radius 1 is 1.08 bits per heavy atom. The van der Waals surface area contributed by atoms with E-state index in [0.717, 1.165) is 16.3 Å². The fourth-order valence-corrected chi connectivity index (χ4v) is 7.70. The van der Waals surface area contributed by atoms with Gasteiger partial charge in [-0.15, -0.1) is 0 Å².